The largest absolute Gasteiger partial charge is 0.416 e. The minimum Gasteiger partial charge on any atom is -0.382 e. The van der Waals surface area contributed by atoms with E-state index < -0.39 is 17.6 Å². The van der Waals surface area contributed by atoms with Gasteiger partial charge in [0, 0.05) is 23.0 Å². The highest BCUT2D eigenvalue weighted by Gasteiger charge is 2.32. The lowest BCUT2D eigenvalue weighted by Gasteiger charge is -2.15. The minimum absolute atomic E-state index is 0.0509. The van der Waals surface area contributed by atoms with Gasteiger partial charge in [-0.3, -0.25) is 4.79 Å². The van der Waals surface area contributed by atoms with Crippen molar-refractivity contribution >= 4 is 28.9 Å². The molecule has 1 heterocycles. The van der Waals surface area contributed by atoms with Gasteiger partial charge in [-0.1, -0.05) is 42.6 Å². The highest BCUT2D eigenvalue weighted by atomic mass is 35.5. The van der Waals surface area contributed by atoms with Gasteiger partial charge in [-0.15, -0.1) is 0 Å². The number of amides is 1. The Labute approximate surface area is 195 Å². The number of aromatic nitrogens is 1. The van der Waals surface area contributed by atoms with Gasteiger partial charge in [0.2, 0.25) is 0 Å². The van der Waals surface area contributed by atoms with Crippen LogP contribution in [0.1, 0.15) is 47.2 Å². The van der Waals surface area contributed by atoms with Crippen molar-refractivity contribution in [3.05, 3.63) is 76.4 Å². The first kappa shape index (κ1) is 23.1. The molecule has 1 fully saturated rings. The maximum Gasteiger partial charge on any atom is 0.416 e. The van der Waals surface area contributed by atoms with Crippen molar-refractivity contribution in [2.24, 2.45) is 0 Å². The molecule has 4 rings (SSSR count). The van der Waals surface area contributed by atoms with Gasteiger partial charge in [-0.05, 0) is 61.7 Å². The van der Waals surface area contributed by atoms with Crippen molar-refractivity contribution < 1.29 is 18.0 Å². The Morgan fingerprint density at radius 3 is 2.33 bits per heavy atom. The first-order chi connectivity index (χ1) is 15.7. The fraction of sp³-hybridized carbons (Fsp3) is 0.280. The van der Waals surface area contributed by atoms with E-state index in [1.807, 2.05) is 24.3 Å². The summed E-state index contributed by atoms with van der Waals surface area (Å²) >= 11 is 6.08. The van der Waals surface area contributed by atoms with Crippen LogP contribution < -0.4 is 10.6 Å². The van der Waals surface area contributed by atoms with E-state index in [0.29, 0.717) is 17.3 Å². The third-order valence-electron chi connectivity index (χ3n) is 5.79. The minimum atomic E-state index is -4.51. The summed E-state index contributed by atoms with van der Waals surface area (Å²) < 4.78 is 39.7. The van der Waals surface area contributed by atoms with Crippen LogP contribution in [0.25, 0.3) is 11.3 Å². The fourth-order valence-electron chi connectivity index (χ4n) is 4.07. The number of aryl methyl sites for hydroxylation is 1. The standard InChI is InChI=1S/C25H23ClF3N3O/c1-15-6-9-19(14-21(15)25(27,28)29)31-24(33)20-12-13-22(26)32-23(20)16-7-10-18(11-8-16)30-17-4-2-3-5-17/h6-14,17,30H,2-5H2,1H3,(H,31,33). The second kappa shape index (κ2) is 9.43. The van der Waals surface area contributed by atoms with Crippen LogP contribution in [0.3, 0.4) is 0 Å². The summed E-state index contributed by atoms with van der Waals surface area (Å²) in [7, 11) is 0. The normalized spacial score (nSPS) is 14.3. The van der Waals surface area contributed by atoms with Crippen LogP contribution in [0.5, 0.6) is 0 Å². The zero-order chi connectivity index (χ0) is 23.6. The summed E-state index contributed by atoms with van der Waals surface area (Å²) in [5.41, 5.74) is 1.58. The quantitative estimate of drug-likeness (QED) is 0.381. The average Bonchev–Trinajstić information content (AvgIpc) is 3.28. The molecule has 0 spiro atoms. The molecule has 8 heteroatoms. The number of rotatable bonds is 5. The van der Waals surface area contributed by atoms with E-state index in [9.17, 15) is 18.0 Å². The lowest BCUT2D eigenvalue weighted by atomic mass is 10.0. The Morgan fingerprint density at radius 1 is 1.00 bits per heavy atom. The van der Waals surface area contributed by atoms with Gasteiger partial charge in [0.25, 0.3) is 5.91 Å². The molecule has 4 nitrogen and oxygen atoms in total. The van der Waals surface area contributed by atoms with Gasteiger partial charge in [-0.25, -0.2) is 4.98 Å². The number of halogens is 4. The van der Waals surface area contributed by atoms with E-state index in [2.05, 4.69) is 15.6 Å². The summed E-state index contributed by atoms with van der Waals surface area (Å²) in [6.45, 7) is 1.38. The van der Waals surface area contributed by atoms with Crippen molar-refractivity contribution in [1.82, 2.24) is 4.98 Å². The Kier molecular flexibility index (Phi) is 6.61. The molecule has 1 aromatic heterocycles. The first-order valence-corrected chi connectivity index (χ1v) is 11.1. The van der Waals surface area contributed by atoms with Crippen LogP contribution in [-0.2, 0) is 6.18 Å². The number of nitrogens with zero attached hydrogens (tertiary/aromatic N) is 1. The van der Waals surface area contributed by atoms with Crippen LogP contribution >= 0.6 is 11.6 Å². The maximum atomic E-state index is 13.2. The van der Waals surface area contributed by atoms with E-state index in [-0.39, 0.29) is 22.0 Å². The van der Waals surface area contributed by atoms with E-state index in [1.54, 1.807) is 0 Å². The van der Waals surface area contributed by atoms with E-state index in [0.717, 1.165) is 24.6 Å². The number of hydrogen-bond donors (Lipinski definition) is 2. The maximum absolute atomic E-state index is 13.2. The van der Waals surface area contributed by atoms with Crippen molar-refractivity contribution in [2.45, 2.75) is 44.8 Å². The predicted octanol–water partition coefficient (Wildman–Crippen LogP) is 7.34. The number of benzene rings is 2. The van der Waals surface area contributed by atoms with Crippen LogP contribution in [0.2, 0.25) is 5.15 Å². The van der Waals surface area contributed by atoms with Crippen molar-refractivity contribution in [1.29, 1.82) is 0 Å². The van der Waals surface area contributed by atoms with Crippen LogP contribution in [0, 0.1) is 6.92 Å². The van der Waals surface area contributed by atoms with Gasteiger partial charge in [0.05, 0.1) is 16.8 Å². The molecular weight excluding hydrogens is 451 g/mol. The van der Waals surface area contributed by atoms with E-state index in [1.165, 1.54) is 44.0 Å². The molecule has 1 saturated carbocycles. The Balaban J connectivity index is 1.59. The number of carbonyl (C=O) groups is 1. The van der Waals surface area contributed by atoms with Gasteiger partial charge in [0.15, 0.2) is 0 Å². The highest BCUT2D eigenvalue weighted by Crippen LogP contribution is 2.34. The third kappa shape index (κ3) is 5.47. The van der Waals surface area contributed by atoms with Gasteiger partial charge in [-0.2, -0.15) is 13.2 Å². The van der Waals surface area contributed by atoms with Crippen LogP contribution in [0.4, 0.5) is 24.5 Å². The Hall–Kier alpha value is -3.06. The molecule has 1 aliphatic carbocycles. The average molecular weight is 474 g/mol. The number of nitrogens with one attached hydrogen (secondary N) is 2. The van der Waals surface area contributed by atoms with Gasteiger partial charge in [0.1, 0.15) is 5.15 Å². The molecule has 2 N–H and O–H groups in total. The molecule has 172 valence electrons. The molecule has 0 unspecified atom stereocenters. The number of anilines is 2. The fourth-order valence-corrected chi connectivity index (χ4v) is 4.22. The number of alkyl halides is 3. The molecule has 1 aliphatic rings. The number of hydrogen-bond acceptors (Lipinski definition) is 3. The molecule has 0 radical (unpaired) electrons. The Morgan fingerprint density at radius 2 is 1.67 bits per heavy atom. The first-order valence-electron chi connectivity index (χ1n) is 10.7. The summed E-state index contributed by atoms with van der Waals surface area (Å²) in [6, 6.07) is 14.7. The predicted molar refractivity (Wildman–Crippen MR) is 125 cm³/mol. The zero-order valence-electron chi connectivity index (χ0n) is 18.0. The third-order valence-corrected chi connectivity index (χ3v) is 6.00. The number of pyridine rings is 1. The second-order valence-corrected chi connectivity index (χ2v) is 8.60. The zero-order valence-corrected chi connectivity index (χ0v) is 18.7. The lowest BCUT2D eigenvalue weighted by Crippen LogP contribution is -2.15. The monoisotopic (exact) mass is 473 g/mol. The molecule has 2 aromatic carbocycles. The molecule has 0 atom stereocenters. The molecule has 0 aliphatic heterocycles. The smallest absolute Gasteiger partial charge is 0.382 e. The molecule has 1 amide bonds. The highest BCUT2D eigenvalue weighted by molar-refractivity contribution is 6.29. The molecule has 3 aromatic rings. The van der Waals surface area contributed by atoms with Crippen LogP contribution in [-0.4, -0.2) is 16.9 Å². The topological polar surface area (TPSA) is 54.0 Å². The van der Waals surface area contributed by atoms with Crippen molar-refractivity contribution in [2.75, 3.05) is 10.6 Å². The van der Waals surface area contributed by atoms with Crippen LogP contribution in [0.15, 0.2) is 54.6 Å². The lowest BCUT2D eigenvalue weighted by molar-refractivity contribution is -0.138. The van der Waals surface area contributed by atoms with E-state index >= 15 is 0 Å². The summed E-state index contributed by atoms with van der Waals surface area (Å²) in [6.07, 6.45) is 0.248. The molecule has 33 heavy (non-hydrogen) atoms. The van der Waals surface area contributed by atoms with Crippen molar-refractivity contribution in [3.8, 4) is 11.3 Å². The molecule has 0 saturated heterocycles. The summed E-state index contributed by atoms with van der Waals surface area (Å²) in [4.78, 5) is 17.3. The molecule has 0 bridgehead atoms. The van der Waals surface area contributed by atoms with E-state index in [4.69, 9.17) is 11.6 Å². The Bertz CT molecular complexity index is 1160. The number of carbonyl (C=O) groups excluding carboxylic acids is 1. The summed E-state index contributed by atoms with van der Waals surface area (Å²) in [5, 5.41) is 6.27. The van der Waals surface area contributed by atoms with Gasteiger partial charge >= 0.3 is 6.18 Å². The second-order valence-electron chi connectivity index (χ2n) is 8.21. The summed E-state index contributed by atoms with van der Waals surface area (Å²) in [5.74, 6) is -0.570. The molecular formula is C25H23ClF3N3O. The SMILES string of the molecule is Cc1ccc(NC(=O)c2ccc(Cl)nc2-c2ccc(NC3CCCC3)cc2)cc1C(F)(F)F. The van der Waals surface area contributed by atoms with Gasteiger partial charge < -0.3 is 10.6 Å². The van der Waals surface area contributed by atoms with Crippen molar-refractivity contribution in [3.63, 3.8) is 0 Å².